The highest BCUT2D eigenvalue weighted by molar-refractivity contribution is 5.89. The summed E-state index contributed by atoms with van der Waals surface area (Å²) in [5.41, 5.74) is 4.96. The normalized spacial score (nSPS) is 11.9. The molecular formula is C39H58O5. The Bertz CT molecular complexity index is 1300. The molecule has 0 radical (unpaired) electrons. The summed E-state index contributed by atoms with van der Waals surface area (Å²) < 4.78 is 24.2. The van der Waals surface area contributed by atoms with Crippen LogP contribution in [0.2, 0.25) is 0 Å². The average Bonchev–Trinajstić information content (AvgIpc) is 2.97. The van der Waals surface area contributed by atoms with Crippen LogP contribution in [-0.4, -0.2) is 19.8 Å². The minimum atomic E-state index is -0.552. The van der Waals surface area contributed by atoms with Crippen LogP contribution in [0.15, 0.2) is 74.0 Å². The average molecular weight is 607 g/mol. The lowest BCUT2D eigenvalue weighted by atomic mass is 10.1. The van der Waals surface area contributed by atoms with Gasteiger partial charge in [-0.1, -0.05) is 92.4 Å². The monoisotopic (exact) mass is 606 g/mol. The maximum Gasteiger partial charge on any atom is 0.383 e. The molecule has 2 aromatic rings. The first-order valence-electron chi connectivity index (χ1n) is 16.8. The summed E-state index contributed by atoms with van der Waals surface area (Å²) in [5.74, 6) is 1.08. The van der Waals surface area contributed by atoms with Crippen LogP contribution in [0, 0.1) is 0 Å². The highest BCUT2D eigenvalue weighted by Crippen LogP contribution is 2.37. The van der Waals surface area contributed by atoms with Crippen molar-refractivity contribution in [2.75, 3.05) is 19.8 Å². The lowest BCUT2D eigenvalue weighted by Gasteiger charge is -2.15. The first-order valence-corrected chi connectivity index (χ1v) is 16.8. The van der Waals surface area contributed by atoms with Gasteiger partial charge in [-0.2, -0.15) is 0 Å². The molecule has 0 aliphatic carbocycles. The molecule has 1 aromatic carbocycles. The first kappa shape index (κ1) is 37.0. The minimum Gasteiger partial charge on any atom is -0.489 e. The fraction of sp³-hybridized carbons (Fsp3) is 0.564. The Balaban J connectivity index is 2.20. The van der Waals surface area contributed by atoms with Gasteiger partial charge in [0.25, 0.3) is 0 Å². The molecule has 0 aliphatic heterocycles. The van der Waals surface area contributed by atoms with Crippen molar-refractivity contribution in [3.8, 4) is 17.2 Å². The maximum absolute atomic E-state index is 13.3. The molecule has 0 aliphatic rings. The summed E-state index contributed by atoms with van der Waals surface area (Å²) in [4.78, 5) is 13.3. The molecule has 0 bridgehead atoms. The molecule has 0 N–H and O–H groups in total. The van der Waals surface area contributed by atoms with E-state index in [0.29, 0.717) is 35.7 Å². The molecule has 244 valence electrons. The maximum atomic E-state index is 13.3. The third-order valence-electron chi connectivity index (χ3n) is 7.57. The van der Waals surface area contributed by atoms with Crippen LogP contribution in [-0.2, 0) is 0 Å². The standard InChI is InChI=1S/C39H58O5/c1-8-9-10-11-12-13-14-15-27-42-37-34-23-18-24-35(41-28-25-32(6)21-16-19-30(2)3)36(34)44-39(40)38(37)43-29-26-33(7)22-17-20-31(4)5/h18-20,23-26H,8-17,21-22,27-29H2,1-7H3. The molecular weight excluding hydrogens is 548 g/mol. The highest BCUT2D eigenvalue weighted by Gasteiger charge is 2.20. The van der Waals surface area contributed by atoms with Crippen molar-refractivity contribution in [1.82, 2.24) is 0 Å². The Kier molecular flexibility index (Phi) is 18.1. The molecule has 0 spiro atoms. The van der Waals surface area contributed by atoms with E-state index in [9.17, 15) is 4.79 Å². The SMILES string of the molecule is CCCCCCCCCCOc1c(OCC=C(C)CCC=C(C)C)c(=O)oc2c(OCC=C(C)CCC=C(C)C)cccc12. The van der Waals surface area contributed by atoms with E-state index < -0.39 is 5.63 Å². The van der Waals surface area contributed by atoms with Gasteiger partial charge in [-0.15, -0.1) is 0 Å². The van der Waals surface area contributed by atoms with Crippen LogP contribution in [0.5, 0.6) is 17.2 Å². The lowest BCUT2D eigenvalue weighted by molar-refractivity contribution is 0.268. The molecule has 1 aromatic heterocycles. The second-order valence-corrected chi connectivity index (χ2v) is 12.4. The van der Waals surface area contributed by atoms with Crippen molar-refractivity contribution in [3.05, 3.63) is 75.2 Å². The van der Waals surface area contributed by atoms with Crippen LogP contribution in [0.1, 0.15) is 126 Å². The number of hydrogen-bond acceptors (Lipinski definition) is 5. The van der Waals surface area contributed by atoms with Gasteiger partial charge in [0, 0.05) is 0 Å². The van der Waals surface area contributed by atoms with Gasteiger partial charge >= 0.3 is 5.63 Å². The van der Waals surface area contributed by atoms with Crippen LogP contribution in [0.25, 0.3) is 11.0 Å². The number of unbranched alkanes of at least 4 members (excludes halogenated alkanes) is 7. The van der Waals surface area contributed by atoms with E-state index in [1.165, 1.54) is 60.8 Å². The number of fused-ring (bicyclic) bond motifs is 1. The van der Waals surface area contributed by atoms with Gasteiger partial charge in [-0.05, 0) is 97.9 Å². The number of benzene rings is 1. The van der Waals surface area contributed by atoms with Gasteiger partial charge in [0.2, 0.25) is 5.75 Å². The van der Waals surface area contributed by atoms with Gasteiger partial charge in [0.1, 0.15) is 13.2 Å². The van der Waals surface area contributed by atoms with Crippen molar-refractivity contribution in [2.24, 2.45) is 0 Å². The van der Waals surface area contributed by atoms with Gasteiger partial charge < -0.3 is 18.6 Å². The minimum absolute atomic E-state index is 0.123. The number of ether oxygens (including phenoxy) is 3. The van der Waals surface area contributed by atoms with Crippen molar-refractivity contribution in [2.45, 2.75) is 126 Å². The van der Waals surface area contributed by atoms with Crippen molar-refractivity contribution in [3.63, 3.8) is 0 Å². The lowest BCUT2D eigenvalue weighted by Crippen LogP contribution is -2.12. The topological polar surface area (TPSA) is 57.9 Å². The Labute approximate surface area is 267 Å². The third kappa shape index (κ3) is 14.5. The van der Waals surface area contributed by atoms with E-state index in [0.717, 1.165) is 38.5 Å². The predicted molar refractivity (Wildman–Crippen MR) is 186 cm³/mol. The van der Waals surface area contributed by atoms with E-state index in [-0.39, 0.29) is 12.4 Å². The Hall–Kier alpha value is -3.21. The summed E-state index contributed by atoms with van der Waals surface area (Å²) in [6, 6.07) is 5.64. The highest BCUT2D eigenvalue weighted by atomic mass is 16.5. The Morgan fingerprint density at radius 1 is 0.682 bits per heavy atom. The Morgan fingerprint density at radius 2 is 1.25 bits per heavy atom. The largest absolute Gasteiger partial charge is 0.489 e. The molecule has 2 rings (SSSR count). The molecule has 5 nitrogen and oxygen atoms in total. The second kappa shape index (κ2) is 21.5. The van der Waals surface area contributed by atoms with Crippen molar-refractivity contribution in [1.29, 1.82) is 0 Å². The predicted octanol–water partition coefficient (Wildman–Crippen LogP) is 11.5. The summed E-state index contributed by atoms with van der Waals surface area (Å²) in [6.45, 7) is 16.1. The zero-order valence-electron chi connectivity index (χ0n) is 28.7. The molecule has 0 fully saturated rings. The molecule has 1 heterocycles. The zero-order valence-corrected chi connectivity index (χ0v) is 28.7. The van der Waals surface area contributed by atoms with Gasteiger partial charge in [0.05, 0.1) is 12.0 Å². The fourth-order valence-corrected chi connectivity index (χ4v) is 4.87. The summed E-state index contributed by atoms with van der Waals surface area (Å²) >= 11 is 0. The van der Waals surface area contributed by atoms with Gasteiger partial charge in [-0.3, -0.25) is 0 Å². The molecule has 0 unspecified atom stereocenters. The van der Waals surface area contributed by atoms with Gasteiger partial charge in [-0.25, -0.2) is 4.79 Å². The van der Waals surface area contributed by atoms with E-state index in [1.807, 2.05) is 24.3 Å². The van der Waals surface area contributed by atoms with Crippen LogP contribution in [0.4, 0.5) is 0 Å². The number of allylic oxidation sites excluding steroid dienone is 6. The molecule has 44 heavy (non-hydrogen) atoms. The number of para-hydroxylation sites is 1. The second-order valence-electron chi connectivity index (χ2n) is 12.4. The van der Waals surface area contributed by atoms with E-state index in [4.69, 9.17) is 18.6 Å². The van der Waals surface area contributed by atoms with Crippen LogP contribution < -0.4 is 19.8 Å². The Morgan fingerprint density at radius 3 is 1.84 bits per heavy atom. The van der Waals surface area contributed by atoms with Crippen molar-refractivity contribution >= 4 is 11.0 Å². The smallest absolute Gasteiger partial charge is 0.383 e. The molecule has 0 atom stereocenters. The molecule has 0 amide bonds. The number of hydrogen-bond donors (Lipinski definition) is 0. The number of rotatable bonds is 22. The van der Waals surface area contributed by atoms with Gasteiger partial charge in [0.15, 0.2) is 17.1 Å². The van der Waals surface area contributed by atoms with E-state index in [2.05, 4.69) is 66.7 Å². The fourth-order valence-electron chi connectivity index (χ4n) is 4.87. The van der Waals surface area contributed by atoms with Crippen molar-refractivity contribution < 1.29 is 18.6 Å². The summed E-state index contributed by atoms with van der Waals surface area (Å²) in [5, 5.41) is 0.685. The summed E-state index contributed by atoms with van der Waals surface area (Å²) in [7, 11) is 0. The molecule has 0 saturated heterocycles. The van der Waals surface area contributed by atoms with E-state index in [1.54, 1.807) is 0 Å². The van der Waals surface area contributed by atoms with Crippen LogP contribution in [0.3, 0.4) is 0 Å². The van der Waals surface area contributed by atoms with Crippen LogP contribution >= 0.6 is 0 Å². The zero-order chi connectivity index (χ0) is 32.2. The third-order valence-corrected chi connectivity index (χ3v) is 7.57. The summed E-state index contributed by atoms with van der Waals surface area (Å²) in [6.07, 6.45) is 22.2. The first-order chi connectivity index (χ1) is 21.2. The molecule has 5 heteroatoms. The molecule has 0 saturated carbocycles. The van der Waals surface area contributed by atoms with E-state index >= 15 is 0 Å². The quantitative estimate of drug-likeness (QED) is 0.0758.